The van der Waals surface area contributed by atoms with Crippen LogP contribution in [0, 0.1) is 5.82 Å². The maximum Gasteiger partial charge on any atom is 0.235 e. The summed E-state index contributed by atoms with van der Waals surface area (Å²) in [7, 11) is 0. The summed E-state index contributed by atoms with van der Waals surface area (Å²) in [5.41, 5.74) is 7.17. The lowest BCUT2D eigenvalue weighted by atomic mass is 9.94. The molecule has 2 aromatic rings. The average Bonchev–Trinajstić information content (AvgIpc) is 3.24. The molecule has 3 N–H and O–H groups in total. The largest absolute Gasteiger partial charge is 0.399 e. The van der Waals surface area contributed by atoms with Gasteiger partial charge in [-0.05, 0) is 48.7 Å². The number of nitrogen functional groups attached to an aromatic ring is 1. The van der Waals surface area contributed by atoms with Crippen molar-refractivity contribution in [2.45, 2.75) is 18.3 Å². The van der Waals surface area contributed by atoms with Crippen molar-refractivity contribution in [2.75, 3.05) is 11.1 Å². The van der Waals surface area contributed by atoms with Gasteiger partial charge in [-0.3, -0.25) is 4.79 Å². The molecule has 0 atom stereocenters. The first-order valence-corrected chi connectivity index (χ1v) is 7.02. The molecule has 108 valence electrons. The van der Waals surface area contributed by atoms with Crippen molar-refractivity contribution in [2.24, 2.45) is 0 Å². The van der Waals surface area contributed by atoms with Crippen LogP contribution in [0.2, 0.25) is 5.02 Å². The Hall–Kier alpha value is -2.07. The highest BCUT2D eigenvalue weighted by Crippen LogP contribution is 2.49. The lowest BCUT2D eigenvalue weighted by molar-refractivity contribution is -0.118. The van der Waals surface area contributed by atoms with Crippen LogP contribution in [0.1, 0.15) is 18.4 Å². The standard InChI is InChI=1S/C16H14ClFN2O/c17-13-9-11(18)3-6-14(13)20-15(21)16(7-8-16)10-1-4-12(19)5-2-10/h1-6,9H,7-8,19H2,(H,20,21). The molecule has 0 radical (unpaired) electrons. The van der Waals surface area contributed by atoms with Gasteiger partial charge in [0.15, 0.2) is 0 Å². The predicted molar refractivity (Wildman–Crippen MR) is 81.8 cm³/mol. The molecule has 21 heavy (non-hydrogen) atoms. The van der Waals surface area contributed by atoms with Crippen LogP contribution >= 0.6 is 11.6 Å². The Balaban J connectivity index is 1.83. The van der Waals surface area contributed by atoms with Crippen molar-refractivity contribution in [3.8, 4) is 0 Å². The summed E-state index contributed by atoms with van der Waals surface area (Å²) in [6, 6.07) is 11.2. The highest BCUT2D eigenvalue weighted by molar-refractivity contribution is 6.33. The fraction of sp³-hybridized carbons (Fsp3) is 0.188. The fourth-order valence-electron chi connectivity index (χ4n) is 2.41. The molecule has 0 aromatic heterocycles. The van der Waals surface area contributed by atoms with Gasteiger partial charge in [-0.15, -0.1) is 0 Å². The van der Waals surface area contributed by atoms with Gasteiger partial charge in [-0.1, -0.05) is 23.7 Å². The van der Waals surface area contributed by atoms with Crippen LogP contribution in [0.5, 0.6) is 0 Å². The highest BCUT2D eigenvalue weighted by Gasteiger charge is 2.51. The smallest absolute Gasteiger partial charge is 0.235 e. The normalized spacial score (nSPS) is 15.5. The second kappa shape index (κ2) is 5.04. The van der Waals surface area contributed by atoms with Crippen molar-refractivity contribution in [1.82, 2.24) is 0 Å². The van der Waals surface area contributed by atoms with Crippen LogP contribution in [-0.4, -0.2) is 5.91 Å². The monoisotopic (exact) mass is 304 g/mol. The van der Waals surface area contributed by atoms with Crippen molar-refractivity contribution in [1.29, 1.82) is 0 Å². The van der Waals surface area contributed by atoms with Gasteiger partial charge in [0, 0.05) is 5.69 Å². The number of nitrogens with two attached hydrogens (primary N) is 1. The Kier molecular flexibility index (Phi) is 3.33. The topological polar surface area (TPSA) is 55.1 Å². The van der Waals surface area contributed by atoms with E-state index in [-0.39, 0.29) is 10.9 Å². The van der Waals surface area contributed by atoms with E-state index in [1.165, 1.54) is 18.2 Å². The number of hydrogen-bond acceptors (Lipinski definition) is 2. The molecule has 1 fully saturated rings. The summed E-state index contributed by atoms with van der Waals surface area (Å²) in [6.07, 6.45) is 1.56. The zero-order chi connectivity index (χ0) is 15.0. The van der Waals surface area contributed by atoms with E-state index in [1.807, 2.05) is 12.1 Å². The summed E-state index contributed by atoms with van der Waals surface area (Å²) >= 11 is 5.94. The van der Waals surface area contributed by atoms with Gasteiger partial charge in [0.05, 0.1) is 16.1 Å². The maximum absolute atomic E-state index is 13.0. The number of nitrogens with one attached hydrogen (secondary N) is 1. The molecule has 0 aliphatic heterocycles. The first kappa shape index (κ1) is 13.9. The number of rotatable bonds is 3. The number of hydrogen-bond donors (Lipinski definition) is 2. The second-order valence-electron chi connectivity index (χ2n) is 5.28. The number of carbonyl (C=O) groups excluding carboxylic acids is 1. The van der Waals surface area contributed by atoms with Crippen molar-refractivity contribution in [3.63, 3.8) is 0 Å². The summed E-state index contributed by atoms with van der Waals surface area (Å²) in [6.45, 7) is 0. The fourth-order valence-corrected chi connectivity index (χ4v) is 2.62. The molecule has 0 unspecified atom stereocenters. The molecule has 0 bridgehead atoms. The van der Waals surface area contributed by atoms with Gasteiger partial charge in [-0.25, -0.2) is 4.39 Å². The SMILES string of the molecule is Nc1ccc(C2(C(=O)Nc3ccc(F)cc3Cl)CC2)cc1. The minimum Gasteiger partial charge on any atom is -0.399 e. The summed E-state index contributed by atoms with van der Waals surface area (Å²) in [4.78, 5) is 12.5. The van der Waals surface area contributed by atoms with E-state index in [9.17, 15) is 9.18 Å². The first-order chi connectivity index (χ1) is 10.0. The Morgan fingerprint density at radius 2 is 1.86 bits per heavy atom. The predicted octanol–water partition coefficient (Wildman–Crippen LogP) is 3.73. The molecule has 1 saturated carbocycles. The summed E-state index contributed by atoms with van der Waals surface area (Å²) in [5.74, 6) is -0.557. The quantitative estimate of drug-likeness (QED) is 0.849. The molecule has 0 saturated heterocycles. The zero-order valence-electron chi connectivity index (χ0n) is 11.2. The molecule has 1 aliphatic carbocycles. The van der Waals surface area contributed by atoms with Crippen LogP contribution in [0.25, 0.3) is 0 Å². The molecular formula is C16H14ClFN2O. The van der Waals surface area contributed by atoms with E-state index >= 15 is 0 Å². The Morgan fingerprint density at radius 1 is 1.19 bits per heavy atom. The van der Waals surface area contributed by atoms with Crippen LogP contribution < -0.4 is 11.1 Å². The molecule has 2 aromatic carbocycles. The summed E-state index contributed by atoms with van der Waals surface area (Å²) < 4.78 is 13.0. The van der Waals surface area contributed by atoms with Crippen molar-refractivity contribution >= 4 is 28.9 Å². The molecule has 1 aliphatic rings. The van der Waals surface area contributed by atoms with Gasteiger partial charge in [0.1, 0.15) is 5.82 Å². The number of amides is 1. The Bertz CT molecular complexity index is 696. The molecule has 3 rings (SSSR count). The van der Waals surface area contributed by atoms with Gasteiger partial charge >= 0.3 is 0 Å². The number of carbonyl (C=O) groups is 1. The summed E-state index contributed by atoms with van der Waals surface area (Å²) in [5, 5.41) is 2.98. The van der Waals surface area contributed by atoms with E-state index in [1.54, 1.807) is 12.1 Å². The average molecular weight is 305 g/mol. The van der Waals surface area contributed by atoms with E-state index in [0.717, 1.165) is 18.4 Å². The lowest BCUT2D eigenvalue weighted by Crippen LogP contribution is -2.27. The number of anilines is 2. The van der Waals surface area contributed by atoms with E-state index < -0.39 is 11.2 Å². The van der Waals surface area contributed by atoms with Crippen molar-refractivity contribution < 1.29 is 9.18 Å². The van der Waals surface area contributed by atoms with Crippen LogP contribution in [0.3, 0.4) is 0 Å². The molecule has 3 nitrogen and oxygen atoms in total. The van der Waals surface area contributed by atoms with E-state index in [4.69, 9.17) is 17.3 Å². The molecular weight excluding hydrogens is 291 g/mol. The second-order valence-corrected chi connectivity index (χ2v) is 5.69. The van der Waals surface area contributed by atoms with E-state index in [0.29, 0.717) is 11.4 Å². The third kappa shape index (κ3) is 2.59. The van der Waals surface area contributed by atoms with E-state index in [2.05, 4.69) is 5.32 Å². The Labute approximate surface area is 126 Å². The number of benzene rings is 2. The Morgan fingerprint density at radius 3 is 2.43 bits per heavy atom. The van der Waals surface area contributed by atoms with Gasteiger partial charge in [0.25, 0.3) is 0 Å². The zero-order valence-corrected chi connectivity index (χ0v) is 12.0. The number of halogens is 2. The molecule has 0 heterocycles. The van der Waals surface area contributed by atoms with Crippen LogP contribution in [-0.2, 0) is 10.2 Å². The van der Waals surface area contributed by atoms with Gasteiger partial charge in [0.2, 0.25) is 5.91 Å². The highest BCUT2D eigenvalue weighted by atomic mass is 35.5. The third-order valence-electron chi connectivity index (χ3n) is 3.83. The first-order valence-electron chi connectivity index (χ1n) is 6.64. The molecule has 1 amide bonds. The van der Waals surface area contributed by atoms with Gasteiger partial charge < -0.3 is 11.1 Å². The minimum absolute atomic E-state index is 0.124. The third-order valence-corrected chi connectivity index (χ3v) is 4.14. The minimum atomic E-state index is -0.522. The van der Waals surface area contributed by atoms with Gasteiger partial charge in [-0.2, -0.15) is 0 Å². The molecule has 0 spiro atoms. The maximum atomic E-state index is 13.0. The van der Waals surface area contributed by atoms with Crippen LogP contribution in [0.15, 0.2) is 42.5 Å². The van der Waals surface area contributed by atoms with Crippen molar-refractivity contribution in [3.05, 3.63) is 58.9 Å². The van der Waals surface area contributed by atoms with Crippen LogP contribution in [0.4, 0.5) is 15.8 Å². The lowest BCUT2D eigenvalue weighted by Gasteiger charge is -2.16. The molecule has 5 heteroatoms.